The number of rotatable bonds is 5. The van der Waals surface area contributed by atoms with Crippen LogP contribution in [-0.4, -0.2) is 62.4 Å². The lowest BCUT2D eigenvalue weighted by Crippen LogP contribution is -2.48. The van der Waals surface area contributed by atoms with E-state index in [9.17, 15) is 4.79 Å². The van der Waals surface area contributed by atoms with Crippen LogP contribution in [0, 0.1) is 0 Å². The second kappa shape index (κ2) is 7.53. The maximum atomic E-state index is 12.0. The third-order valence-corrected chi connectivity index (χ3v) is 5.35. The molecule has 0 aliphatic carbocycles. The average molecular weight is 332 g/mol. The van der Waals surface area contributed by atoms with Crippen molar-refractivity contribution < 1.29 is 14.3 Å². The Morgan fingerprint density at radius 2 is 2.04 bits per heavy atom. The summed E-state index contributed by atoms with van der Waals surface area (Å²) in [6.07, 6.45) is 2.89. The molecule has 1 unspecified atom stereocenters. The molecule has 5 heteroatoms. The van der Waals surface area contributed by atoms with Gasteiger partial charge in [0.15, 0.2) is 0 Å². The molecule has 2 fully saturated rings. The normalized spacial score (nSPS) is 22.8. The van der Waals surface area contributed by atoms with Crippen molar-refractivity contribution in [2.24, 2.45) is 0 Å². The fourth-order valence-corrected chi connectivity index (χ4v) is 4.02. The average Bonchev–Trinajstić information content (AvgIpc) is 3.01. The van der Waals surface area contributed by atoms with Crippen LogP contribution in [0.5, 0.6) is 0 Å². The highest BCUT2D eigenvalue weighted by molar-refractivity contribution is 5.77. The van der Waals surface area contributed by atoms with Crippen LogP contribution in [0.2, 0.25) is 0 Å². The SMILES string of the molecule is CCN(c1ccccc1)C1COC2(CCN(C(=O)COC)CC2)C1. The summed E-state index contributed by atoms with van der Waals surface area (Å²) >= 11 is 0. The van der Waals surface area contributed by atoms with Crippen LogP contribution in [0.3, 0.4) is 0 Å². The number of methoxy groups -OCH3 is 1. The molecule has 3 rings (SSSR count). The quantitative estimate of drug-likeness (QED) is 0.830. The Morgan fingerprint density at radius 3 is 2.67 bits per heavy atom. The van der Waals surface area contributed by atoms with Gasteiger partial charge in [-0.05, 0) is 38.3 Å². The summed E-state index contributed by atoms with van der Waals surface area (Å²) in [6, 6.07) is 11.0. The van der Waals surface area contributed by atoms with Crippen molar-refractivity contribution in [3.63, 3.8) is 0 Å². The van der Waals surface area contributed by atoms with E-state index >= 15 is 0 Å². The molecule has 0 aromatic heterocycles. The standard InChI is InChI=1S/C19H28N2O3/c1-3-21(16-7-5-4-6-8-16)17-13-19(24-14-17)9-11-20(12-10-19)18(22)15-23-2/h4-8,17H,3,9-15H2,1-2H3. The van der Waals surface area contributed by atoms with Crippen LogP contribution < -0.4 is 4.90 Å². The summed E-state index contributed by atoms with van der Waals surface area (Å²) in [7, 11) is 1.57. The number of benzene rings is 1. The molecule has 1 amide bonds. The molecule has 1 spiro atoms. The van der Waals surface area contributed by atoms with Gasteiger partial charge in [-0.3, -0.25) is 4.79 Å². The van der Waals surface area contributed by atoms with Crippen molar-refractivity contribution in [2.75, 3.05) is 44.9 Å². The number of hydrogen-bond acceptors (Lipinski definition) is 4. The van der Waals surface area contributed by atoms with E-state index in [0.29, 0.717) is 6.04 Å². The van der Waals surface area contributed by atoms with Gasteiger partial charge in [-0.2, -0.15) is 0 Å². The van der Waals surface area contributed by atoms with Crippen molar-refractivity contribution in [1.82, 2.24) is 4.90 Å². The zero-order valence-corrected chi connectivity index (χ0v) is 14.7. The molecule has 0 N–H and O–H groups in total. The molecule has 1 aromatic rings. The molecule has 2 heterocycles. The third kappa shape index (κ3) is 3.57. The first-order chi connectivity index (χ1) is 11.7. The minimum absolute atomic E-state index is 0.0588. The second-order valence-electron chi connectivity index (χ2n) is 6.79. The molecule has 0 radical (unpaired) electrons. The van der Waals surface area contributed by atoms with Gasteiger partial charge in [0, 0.05) is 32.4 Å². The maximum absolute atomic E-state index is 12.0. The zero-order valence-electron chi connectivity index (χ0n) is 14.7. The number of carbonyl (C=O) groups excluding carboxylic acids is 1. The first kappa shape index (κ1) is 17.2. The summed E-state index contributed by atoms with van der Waals surface area (Å²) in [5.74, 6) is 0.0846. The summed E-state index contributed by atoms with van der Waals surface area (Å²) in [6.45, 7) is 5.66. The minimum atomic E-state index is -0.0588. The van der Waals surface area contributed by atoms with E-state index in [4.69, 9.17) is 9.47 Å². The summed E-state index contributed by atoms with van der Waals surface area (Å²) in [4.78, 5) is 16.3. The largest absolute Gasteiger partial charge is 0.375 e. The van der Waals surface area contributed by atoms with E-state index in [-0.39, 0.29) is 18.1 Å². The van der Waals surface area contributed by atoms with Crippen LogP contribution in [0.1, 0.15) is 26.2 Å². The molecule has 5 nitrogen and oxygen atoms in total. The van der Waals surface area contributed by atoms with Gasteiger partial charge < -0.3 is 19.3 Å². The second-order valence-corrected chi connectivity index (χ2v) is 6.79. The molecule has 1 atom stereocenters. The predicted octanol–water partition coefficient (Wildman–Crippen LogP) is 2.31. The maximum Gasteiger partial charge on any atom is 0.248 e. The number of ether oxygens (including phenoxy) is 2. The molecule has 0 saturated carbocycles. The lowest BCUT2D eigenvalue weighted by molar-refractivity contribution is -0.139. The highest BCUT2D eigenvalue weighted by Gasteiger charge is 2.44. The van der Waals surface area contributed by atoms with Gasteiger partial charge in [-0.15, -0.1) is 0 Å². The first-order valence-electron chi connectivity index (χ1n) is 8.90. The molecule has 2 saturated heterocycles. The monoisotopic (exact) mass is 332 g/mol. The smallest absolute Gasteiger partial charge is 0.248 e. The number of anilines is 1. The molecule has 2 aliphatic rings. The van der Waals surface area contributed by atoms with Gasteiger partial charge in [0.05, 0.1) is 18.2 Å². The molecule has 0 bridgehead atoms. The Balaban J connectivity index is 1.60. The Labute approximate surface area is 144 Å². The molecule has 24 heavy (non-hydrogen) atoms. The Kier molecular flexibility index (Phi) is 5.41. The fraction of sp³-hybridized carbons (Fsp3) is 0.632. The van der Waals surface area contributed by atoms with Gasteiger partial charge in [0.2, 0.25) is 5.91 Å². The van der Waals surface area contributed by atoms with E-state index in [2.05, 4.69) is 42.2 Å². The van der Waals surface area contributed by atoms with E-state index in [1.165, 1.54) is 5.69 Å². The summed E-state index contributed by atoms with van der Waals surface area (Å²) in [5, 5.41) is 0. The van der Waals surface area contributed by atoms with Crippen LogP contribution >= 0.6 is 0 Å². The number of hydrogen-bond donors (Lipinski definition) is 0. The number of amides is 1. The summed E-state index contributed by atoms with van der Waals surface area (Å²) < 4.78 is 11.2. The van der Waals surface area contributed by atoms with Crippen LogP contribution in [-0.2, 0) is 14.3 Å². The Morgan fingerprint density at radius 1 is 1.33 bits per heavy atom. The minimum Gasteiger partial charge on any atom is -0.375 e. The third-order valence-electron chi connectivity index (χ3n) is 5.35. The van der Waals surface area contributed by atoms with E-state index in [1.54, 1.807) is 7.11 Å². The van der Waals surface area contributed by atoms with Crippen molar-refractivity contribution in [2.45, 2.75) is 37.8 Å². The zero-order chi connectivity index (χ0) is 17.0. The highest BCUT2D eigenvalue weighted by atomic mass is 16.5. The lowest BCUT2D eigenvalue weighted by atomic mass is 9.87. The van der Waals surface area contributed by atoms with Crippen molar-refractivity contribution in [3.8, 4) is 0 Å². The number of piperidine rings is 1. The van der Waals surface area contributed by atoms with Crippen LogP contribution in [0.15, 0.2) is 30.3 Å². The molecule has 2 aliphatic heterocycles. The Bertz CT molecular complexity index is 541. The number of likely N-dealkylation sites (tertiary alicyclic amines) is 1. The molecule has 132 valence electrons. The predicted molar refractivity (Wildman–Crippen MR) is 94.2 cm³/mol. The molecular formula is C19H28N2O3. The topological polar surface area (TPSA) is 42.0 Å². The Hall–Kier alpha value is -1.59. The lowest BCUT2D eigenvalue weighted by Gasteiger charge is -2.39. The van der Waals surface area contributed by atoms with Crippen molar-refractivity contribution in [1.29, 1.82) is 0 Å². The van der Waals surface area contributed by atoms with Gasteiger partial charge in [0.1, 0.15) is 6.61 Å². The highest BCUT2D eigenvalue weighted by Crippen LogP contribution is 2.38. The van der Waals surface area contributed by atoms with Crippen LogP contribution in [0.25, 0.3) is 0 Å². The van der Waals surface area contributed by atoms with Gasteiger partial charge in [0.25, 0.3) is 0 Å². The van der Waals surface area contributed by atoms with Gasteiger partial charge in [-0.1, -0.05) is 18.2 Å². The fourth-order valence-electron chi connectivity index (χ4n) is 4.02. The summed E-state index contributed by atoms with van der Waals surface area (Å²) in [5.41, 5.74) is 1.20. The van der Waals surface area contributed by atoms with E-state index in [1.807, 2.05) is 4.90 Å². The van der Waals surface area contributed by atoms with Gasteiger partial charge in [-0.25, -0.2) is 0 Å². The number of carbonyl (C=O) groups is 1. The molecular weight excluding hydrogens is 304 g/mol. The number of nitrogens with zero attached hydrogens (tertiary/aromatic N) is 2. The molecule has 1 aromatic carbocycles. The number of likely N-dealkylation sites (N-methyl/N-ethyl adjacent to an activating group) is 1. The van der Waals surface area contributed by atoms with Crippen LogP contribution in [0.4, 0.5) is 5.69 Å². The number of para-hydroxylation sites is 1. The van der Waals surface area contributed by atoms with Gasteiger partial charge >= 0.3 is 0 Å². The first-order valence-corrected chi connectivity index (χ1v) is 8.90. The van der Waals surface area contributed by atoms with E-state index < -0.39 is 0 Å². The van der Waals surface area contributed by atoms with Crippen molar-refractivity contribution >= 4 is 11.6 Å². The van der Waals surface area contributed by atoms with E-state index in [0.717, 1.165) is 45.5 Å². The van der Waals surface area contributed by atoms with Crippen molar-refractivity contribution in [3.05, 3.63) is 30.3 Å².